The molecule has 0 spiro atoms. The van der Waals surface area contributed by atoms with Gasteiger partial charge in [0.2, 0.25) is 0 Å². The van der Waals surface area contributed by atoms with Gasteiger partial charge in [0, 0.05) is 34.2 Å². The van der Waals surface area contributed by atoms with Gasteiger partial charge < -0.3 is 19.9 Å². The molecular formula is C22H30N4O2. The molecule has 1 N–H and O–H groups in total. The van der Waals surface area contributed by atoms with E-state index in [0.717, 1.165) is 24.6 Å². The topological polar surface area (TPSA) is 57.2 Å². The van der Waals surface area contributed by atoms with Gasteiger partial charge in [-0.15, -0.1) is 0 Å². The number of nitrogens with zero attached hydrogens (tertiary/aromatic N) is 3. The van der Waals surface area contributed by atoms with Crippen LogP contribution in [-0.2, 0) is 17.9 Å². The van der Waals surface area contributed by atoms with Gasteiger partial charge in [0.1, 0.15) is 5.75 Å². The normalized spacial score (nSPS) is 11.1. The van der Waals surface area contributed by atoms with Crippen LogP contribution in [0.3, 0.4) is 0 Å². The van der Waals surface area contributed by atoms with E-state index in [4.69, 9.17) is 9.73 Å². The van der Waals surface area contributed by atoms with Crippen molar-refractivity contribution in [3.05, 3.63) is 65.7 Å². The van der Waals surface area contributed by atoms with Crippen LogP contribution in [0.25, 0.3) is 0 Å². The Morgan fingerprint density at radius 1 is 1.04 bits per heavy atom. The number of hydrogen-bond donors (Lipinski definition) is 1. The summed E-state index contributed by atoms with van der Waals surface area (Å²) in [7, 11) is 5.46. The predicted molar refractivity (Wildman–Crippen MR) is 113 cm³/mol. The molecule has 2 aromatic rings. The molecule has 0 saturated heterocycles. The van der Waals surface area contributed by atoms with Gasteiger partial charge in [-0.2, -0.15) is 0 Å². The minimum Gasteiger partial charge on any atom is -0.484 e. The van der Waals surface area contributed by atoms with Crippen LogP contribution in [0.15, 0.2) is 59.6 Å². The van der Waals surface area contributed by atoms with Gasteiger partial charge in [-0.3, -0.25) is 4.79 Å². The Balaban J connectivity index is 2.01. The molecule has 2 rings (SSSR count). The molecule has 0 heterocycles. The largest absolute Gasteiger partial charge is 0.484 e. The zero-order chi connectivity index (χ0) is 20.4. The van der Waals surface area contributed by atoms with Crippen LogP contribution in [0.5, 0.6) is 5.75 Å². The fourth-order valence-corrected chi connectivity index (χ4v) is 2.58. The number of guanidine groups is 1. The summed E-state index contributed by atoms with van der Waals surface area (Å²) in [6.07, 6.45) is 0. The van der Waals surface area contributed by atoms with Crippen LogP contribution in [0, 0.1) is 0 Å². The van der Waals surface area contributed by atoms with Crippen LogP contribution in [0.2, 0.25) is 0 Å². The molecule has 0 radical (unpaired) electrons. The zero-order valence-corrected chi connectivity index (χ0v) is 17.2. The van der Waals surface area contributed by atoms with Crippen molar-refractivity contribution in [3.63, 3.8) is 0 Å². The second-order valence-corrected chi connectivity index (χ2v) is 6.74. The van der Waals surface area contributed by atoms with Gasteiger partial charge in [-0.05, 0) is 30.2 Å². The van der Waals surface area contributed by atoms with Gasteiger partial charge in [0.05, 0.1) is 6.54 Å². The number of benzene rings is 2. The Kier molecular flexibility index (Phi) is 8.34. The van der Waals surface area contributed by atoms with Crippen molar-refractivity contribution >= 4 is 11.9 Å². The van der Waals surface area contributed by atoms with Crippen molar-refractivity contribution in [1.29, 1.82) is 0 Å². The Hall–Kier alpha value is -3.02. The molecule has 0 aliphatic heterocycles. The van der Waals surface area contributed by atoms with Crippen LogP contribution in [0.1, 0.15) is 18.1 Å². The molecule has 1 amide bonds. The summed E-state index contributed by atoms with van der Waals surface area (Å²) in [6, 6.07) is 18.0. The number of carbonyl (C=O) groups is 1. The summed E-state index contributed by atoms with van der Waals surface area (Å²) in [6.45, 7) is 4.20. The maximum absolute atomic E-state index is 11.7. The van der Waals surface area contributed by atoms with Crippen LogP contribution in [0.4, 0.5) is 0 Å². The van der Waals surface area contributed by atoms with Crippen molar-refractivity contribution < 1.29 is 9.53 Å². The Morgan fingerprint density at radius 2 is 1.75 bits per heavy atom. The molecule has 0 aliphatic carbocycles. The zero-order valence-electron chi connectivity index (χ0n) is 17.2. The lowest BCUT2D eigenvalue weighted by Crippen LogP contribution is -2.38. The van der Waals surface area contributed by atoms with Crippen LogP contribution >= 0.6 is 0 Å². The SMILES string of the molecule is CCNC(=NCc1cccc(OCC(=O)N(C)C)c1)N(C)Cc1ccccc1. The third-order valence-electron chi connectivity index (χ3n) is 4.13. The van der Waals surface area contributed by atoms with Gasteiger partial charge in [0.15, 0.2) is 12.6 Å². The Bertz CT molecular complexity index is 775. The number of likely N-dealkylation sites (N-methyl/N-ethyl adjacent to an activating group) is 1. The maximum atomic E-state index is 11.7. The minimum absolute atomic E-state index is 0.0299. The van der Waals surface area contributed by atoms with Crippen molar-refractivity contribution in [2.45, 2.75) is 20.0 Å². The first kappa shape index (κ1) is 21.3. The van der Waals surface area contributed by atoms with E-state index in [-0.39, 0.29) is 12.5 Å². The standard InChI is InChI=1S/C22H30N4O2/c1-5-23-22(26(4)16-18-10-7-6-8-11-18)24-15-19-12-9-13-20(14-19)28-17-21(27)25(2)3/h6-14H,5,15-17H2,1-4H3,(H,23,24). The van der Waals surface area contributed by atoms with E-state index in [9.17, 15) is 4.79 Å². The third kappa shape index (κ3) is 6.95. The number of carbonyl (C=O) groups excluding carboxylic acids is 1. The number of nitrogens with one attached hydrogen (secondary N) is 1. The third-order valence-corrected chi connectivity index (χ3v) is 4.13. The quantitative estimate of drug-likeness (QED) is 0.563. The summed E-state index contributed by atoms with van der Waals surface area (Å²) in [5.74, 6) is 1.45. The number of rotatable bonds is 8. The van der Waals surface area contributed by atoms with Gasteiger partial charge >= 0.3 is 0 Å². The fourth-order valence-electron chi connectivity index (χ4n) is 2.58. The molecule has 6 heteroatoms. The number of hydrogen-bond acceptors (Lipinski definition) is 3. The molecule has 150 valence electrons. The molecule has 0 saturated carbocycles. The average molecular weight is 383 g/mol. The highest BCUT2D eigenvalue weighted by Gasteiger charge is 2.08. The first-order valence-electron chi connectivity index (χ1n) is 9.45. The maximum Gasteiger partial charge on any atom is 0.259 e. The van der Waals surface area contributed by atoms with Gasteiger partial charge in [-0.25, -0.2) is 4.99 Å². The van der Waals surface area contributed by atoms with Crippen molar-refractivity contribution in [3.8, 4) is 5.75 Å². The molecule has 0 fully saturated rings. The molecular weight excluding hydrogens is 352 g/mol. The molecule has 28 heavy (non-hydrogen) atoms. The van der Waals surface area contributed by atoms with Gasteiger partial charge in [0.25, 0.3) is 5.91 Å². The van der Waals surface area contributed by atoms with Crippen molar-refractivity contribution in [2.24, 2.45) is 4.99 Å². The lowest BCUT2D eigenvalue weighted by molar-refractivity contribution is -0.130. The average Bonchev–Trinajstić information content (AvgIpc) is 2.70. The molecule has 0 atom stereocenters. The second kappa shape index (κ2) is 11.0. The number of amides is 1. The van der Waals surface area contributed by atoms with E-state index in [2.05, 4.69) is 29.3 Å². The first-order chi connectivity index (χ1) is 13.5. The highest BCUT2D eigenvalue weighted by molar-refractivity contribution is 5.79. The van der Waals surface area contributed by atoms with E-state index in [1.54, 1.807) is 14.1 Å². The van der Waals surface area contributed by atoms with E-state index in [0.29, 0.717) is 12.3 Å². The summed E-state index contributed by atoms with van der Waals surface area (Å²) in [5, 5.41) is 3.33. The first-order valence-corrected chi connectivity index (χ1v) is 9.45. The fraction of sp³-hybridized carbons (Fsp3) is 0.364. The summed E-state index contributed by atoms with van der Waals surface area (Å²) in [5.41, 5.74) is 2.26. The van der Waals surface area contributed by atoms with Crippen LogP contribution < -0.4 is 10.1 Å². The summed E-state index contributed by atoms with van der Waals surface area (Å²) >= 11 is 0. The summed E-state index contributed by atoms with van der Waals surface area (Å²) in [4.78, 5) is 20.0. The van der Waals surface area contributed by atoms with E-state index in [1.807, 2.05) is 49.5 Å². The van der Waals surface area contributed by atoms with E-state index >= 15 is 0 Å². The highest BCUT2D eigenvalue weighted by atomic mass is 16.5. The monoisotopic (exact) mass is 382 g/mol. The lowest BCUT2D eigenvalue weighted by atomic mass is 10.2. The molecule has 2 aromatic carbocycles. The second-order valence-electron chi connectivity index (χ2n) is 6.74. The van der Waals surface area contributed by atoms with Gasteiger partial charge in [-0.1, -0.05) is 42.5 Å². The predicted octanol–water partition coefficient (Wildman–Crippen LogP) is 2.75. The molecule has 0 aromatic heterocycles. The van der Waals surface area contributed by atoms with E-state index in [1.165, 1.54) is 10.5 Å². The van der Waals surface area contributed by atoms with Crippen molar-refractivity contribution in [2.75, 3.05) is 34.3 Å². The number of aliphatic imine (C=N–C) groups is 1. The minimum atomic E-state index is -0.0691. The van der Waals surface area contributed by atoms with E-state index < -0.39 is 0 Å². The molecule has 0 unspecified atom stereocenters. The Labute approximate surface area is 167 Å². The highest BCUT2D eigenvalue weighted by Crippen LogP contribution is 2.14. The number of ether oxygens (including phenoxy) is 1. The molecule has 0 aliphatic rings. The summed E-state index contributed by atoms with van der Waals surface area (Å²) < 4.78 is 5.58. The Morgan fingerprint density at radius 3 is 2.43 bits per heavy atom. The van der Waals surface area contributed by atoms with Crippen molar-refractivity contribution in [1.82, 2.24) is 15.1 Å². The molecule has 0 bridgehead atoms. The lowest BCUT2D eigenvalue weighted by Gasteiger charge is -2.22. The smallest absolute Gasteiger partial charge is 0.259 e. The molecule has 6 nitrogen and oxygen atoms in total. The van der Waals surface area contributed by atoms with Crippen LogP contribution in [-0.4, -0.2) is 56.0 Å².